The highest BCUT2D eigenvalue weighted by Crippen LogP contribution is 2.32. The van der Waals surface area contributed by atoms with Gasteiger partial charge in [0.15, 0.2) is 6.10 Å². The molecule has 2 aromatic rings. The molecule has 29 heavy (non-hydrogen) atoms. The number of halogens is 3. The summed E-state index contributed by atoms with van der Waals surface area (Å²) in [6.45, 7) is 4.51. The first-order valence-corrected chi connectivity index (χ1v) is 10.1. The average molecular weight is 458 g/mol. The van der Waals surface area contributed by atoms with Gasteiger partial charge in [-0.1, -0.05) is 34.8 Å². The Balaban J connectivity index is 1.60. The quantitative estimate of drug-likeness (QED) is 0.522. The molecule has 0 saturated carbocycles. The second kappa shape index (κ2) is 9.67. The number of carbonyl (C=O) groups excluding carboxylic acids is 2. The van der Waals surface area contributed by atoms with Crippen LogP contribution in [-0.4, -0.2) is 44.3 Å². The second-order valence-corrected chi connectivity index (χ2v) is 7.59. The van der Waals surface area contributed by atoms with E-state index >= 15 is 0 Å². The minimum absolute atomic E-state index is 0.0181. The van der Waals surface area contributed by atoms with Gasteiger partial charge in [-0.25, -0.2) is 4.79 Å². The number of ether oxygens (including phenoxy) is 2. The topological polar surface area (TPSA) is 67.9 Å². The monoisotopic (exact) mass is 456 g/mol. The average Bonchev–Trinajstić information content (AvgIpc) is 2.72. The van der Waals surface area contributed by atoms with Crippen LogP contribution in [0.3, 0.4) is 0 Å². The summed E-state index contributed by atoms with van der Waals surface area (Å²) in [5, 5.41) is 2.96. The van der Waals surface area contributed by atoms with E-state index in [1.54, 1.807) is 12.1 Å². The zero-order chi connectivity index (χ0) is 21.0. The molecule has 1 N–H and O–H groups in total. The number of anilines is 2. The van der Waals surface area contributed by atoms with Crippen LogP contribution in [0.1, 0.15) is 17.3 Å². The van der Waals surface area contributed by atoms with Crippen LogP contribution in [0.4, 0.5) is 11.4 Å². The van der Waals surface area contributed by atoms with E-state index in [4.69, 9.17) is 44.3 Å². The Morgan fingerprint density at radius 1 is 1.03 bits per heavy atom. The maximum Gasteiger partial charge on any atom is 0.342 e. The smallest absolute Gasteiger partial charge is 0.342 e. The summed E-state index contributed by atoms with van der Waals surface area (Å²) in [6, 6.07) is 10.3. The van der Waals surface area contributed by atoms with Crippen molar-refractivity contribution in [2.75, 3.05) is 36.5 Å². The first-order chi connectivity index (χ1) is 13.9. The molecular weight excluding hydrogens is 439 g/mol. The molecule has 1 heterocycles. The highest BCUT2D eigenvalue weighted by atomic mass is 35.5. The first kappa shape index (κ1) is 21.7. The molecule has 0 aliphatic carbocycles. The molecule has 1 atom stereocenters. The standard InChI is InChI=1S/C20H19Cl3N2O4/c1-12(29-20(27)17-15(21)6-7-16(22)18(17)23)19(26)24-13-2-4-14(5-3-13)25-8-10-28-11-9-25/h2-7,12H,8-11H2,1H3,(H,24,26). The molecule has 0 aromatic heterocycles. The van der Waals surface area contributed by atoms with Gasteiger partial charge in [0.1, 0.15) is 0 Å². The van der Waals surface area contributed by atoms with Crippen LogP contribution in [0.15, 0.2) is 36.4 Å². The van der Waals surface area contributed by atoms with Crippen LogP contribution in [0, 0.1) is 0 Å². The van der Waals surface area contributed by atoms with Crippen molar-refractivity contribution in [1.82, 2.24) is 0 Å². The molecule has 154 valence electrons. The van der Waals surface area contributed by atoms with Crippen molar-refractivity contribution in [2.45, 2.75) is 13.0 Å². The van der Waals surface area contributed by atoms with Gasteiger partial charge in [0, 0.05) is 24.5 Å². The number of hydrogen-bond acceptors (Lipinski definition) is 5. The lowest BCUT2D eigenvalue weighted by Crippen LogP contribution is -2.36. The largest absolute Gasteiger partial charge is 0.449 e. The number of rotatable bonds is 5. The SMILES string of the molecule is CC(OC(=O)c1c(Cl)ccc(Cl)c1Cl)C(=O)Nc1ccc(N2CCOCC2)cc1. The van der Waals surface area contributed by atoms with Gasteiger partial charge in [0.05, 0.1) is 33.8 Å². The Labute approximate surface area is 183 Å². The van der Waals surface area contributed by atoms with Crippen LogP contribution in [-0.2, 0) is 14.3 Å². The van der Waals surface area contributed by atoms with Gasteiger partial charge in [-0.15, -0.1) is 0 Å². The molecule has 1 aliphatic heterocycles. The maximum absolute atomic E-state index is 12.4. The van der Waals surface area contributed by atoms with Crippen LogP contribution in [0.2, 0.25) is 15.1 Å². The second-order valence-electron chi connectivity index (χ2n) is 6.40. The zero-order valence-corrected chi connectivity index (χ0v) is 17.9. The summed E-state index contributed by atoms with van der Waals surface area (Å²) in [4.78, 5) is 27.0. The summed E-state index contributed by atoms with van der Waals surface area (Å²) in [6.07, 6.45) is -1.06. The van der Waals surface area contributed by atoms with E-state index in [1.807, 2.05) is 12.1 Å². The highest BCUT2D eigenvalue weighted by Gasteiger charge is 2.24. The fourth-order valence-electron chi connectivity index (χ4n) is 2.81. The molecule has 6 nitrogen and oxygen atoms in total. The first-order valence-electron chi connectivity index (χ1n) is 8.95. The zero-order valence-electron chi connectivity index (χ0n) is 15.6. The summed E-state index contributed by atoms with van der Waals surface area (Å²) in [5.41, 5.74) is 1.57. The third kappa shape index (κ3) is 5.34. The number of esters is 1. The van der Waals surface area contributed by atoms with Gasteiger partial charge in [0.2, 0.25) is 0 Å². The molecule has 1 unspecified atom stereocenters. The molecule has 2 aromatic carbocycles. The number of morpholine rings is 1. The number of hydrogen-bond donors (Lipinski definition) is 1. The summed E-state index contributed by atoms with van der Waals surface area (Å²) >= 11 is 18.0. The lowest BCUT2D eigenvalue weighted by molar-refractivity contribution is -0.123. The van der Waals surface area contributed by atoms with E-state index in [2.05, 4.69) is 10.2 Å². The van der Waals surface area contributed by atoms with E-state index in [9.17, 15) is 9.59 Å². The van der Waals surface area contributed by atoms with Crippen LogP contribution < -0.4 is 10.2 Å². The normalized spacial score (nSPS) is 15.0. The van der Waals surface area contributed by atoms with Crippen molar-refractivity contribution in [1.29, 1.82) is 0 Å². The van der Waals surface area contributed by atoms with E-state index in [0.29, 0.717) is 18.9 Å². The predicted molar refractivity (Wildman–Crippen MR) is 114 cm³/mol. The maximum atomic E-state index is 12.4. The van der Waals surface area contributed by atoms with E-state index in [1.165, 1.54) is 19.1 Å². The molecule has 1 aliphatic rings. The predicted octanol–water partition coefficient (Wildman–Crippen LogP) is 4.67. The fraction of sp³-hybridized carbons (Fsp3) is 0.300. The minimum Gasteiger partial charge on any atom is -0.449 e. The van der Waals surface area contributed by atoms with Crippen LogP contribution in [0.25, 0.3) is 0 Å². The Bertz CT molecular complexity index is 899. The van der Waals surface area contributed by atoms with Gasteiger partial charge >= 0.3 is 5.97 Å². The number of nitrogens with one attached hydrogen (secondary N) is 1. The van der Waals surface area contributed by atoms with Crippen molar-refractivity contribution in [3.8, 4) is 0 Å². The van der Waals surface area contributed by atoms with Gasteiger partial charge in [-0.3, -0.25) is 4.79 Å². The van der Waals surface area contributed by atoms with Gasteiger partial charge < -0.3 is 19.7 Å². The third-order valence-electron chi connectivity index (χ3n) is 4.41. The number of amides is 1. The Kier molecular flexibility index (Phi) is 7.24. The van der Waals surface area contributed by atoms with E-state index < -0.39 is 18.0 Å². The van der Waals surface area contributed by atoms with Gasteiger partial charge in [-0.05, 0) is 43.3 Å². The van der Waals surface area contributed by atoms with Crippen LogP contribution >= 0.6 is 34.8 Å². The lowest BCUT2D eigenvalue weighted by atomic mass is 10.2. The molecule has 1 fully saturated rings. The van der Waals surface area contributed by atoms with Crippen molar-refractivity contribution < 1.29 is 19.1 Å². The highest BCUT2D eigenvalue weighted by molar-refractivity contribution is 6.46. The van der Waals surface area contributed by atoms with Crippen molar-refractivity contribution in [3.63, 3.8) is 0 Å². The molecule has 1 amide bonds. The Hall–Kier alpha value is -1.99. The van der Waals surface area contributed by atoms with Crippen molar-refractivity contribution in [3.05, 3.63) is 57.0 Å². The molecule has 1 saturated heterocycles. The molecule has 0 bridgehead atoms. The Morgan fingerprint density at radius 2 is 1.66 bits per heavy atom. The van der Waals surface area contributed by atoms with Gasteiger partial charge in [-0.2, -0.15) is 0 Å². The Morgan fingerprint density at radius 3 is 2.31 bits per heavy atom. The van der Waals surface area contributed by atoms with E-state index in [0.717, 1.165) is 18.8 Å². The third-order valence-corrected chi connectivity index (χ3v) is 5.53. The summed E-state index contributed by atoms with van der Waals surface area (Å²) < 4.78 is 10.6. The van der Waals surface area contributed by atoms with Crippen molar-refractivity contribution >= 4 is 58.1 Å². The summed E-state index contributed by atoms with van der Waals surface area (Å²) in [7, 11) is 0. The summed E-state index contributed by atoms with van der Waals surface area (Å²) in [5.74, 6) is -1.31. The number of nitrogens with zero attached hydrogens (tertiary/aromatic N) is 1. The number of benzene rings is 2. The van der Waals surface area contributed by atoms with Crippen LogP contribution in [0.5, 0.6) is 0 Å². The minimum atomic E-state index is -1.06. The van der Waals surface area contributed by atoms with Crippen molar-refractivity contribution in [2.24, 2.45) is 0 Å². The number of carbonyl (C=O) groups is 2. The van der Waals surface area contributed by atoms with E-state index in [-0.39, 0.29) is 20.6 Å². The molecule has 3 rings (SSSR count). The van der Waals surface area contributed by atoms with Gasteiger partial charge in [0.25, 0.3) is 5.91 Å². The molecule has 9 heteroatoms. The fourth-order valence-corrected chi connectivity index (χ4v) is 3.49. The molecular formula is C20H19Cl3N2O4. The molecule has 0 spiro atoms. The lowest BCUT2D eigenvalue weighted by Gasteiger charge is -2.28. The molecule has 0 radical (unpaired) electrons.